The zero-order valence-corrected chi connectivity index (χ0v) is 9.05. The summed E-state index contributed by atoms with van der Waals surface area (Å²) in [5, 5.41) is 0. The van der Waals surface area contributed by atoms with Gasteiger partial charge < -0.3 is 9.53 Å². The van der Waals surface area contributed by atoms with E-state index in [4.69, 9.17) is 4.74 Å². The Labute approximate surface area is 89.1 Å². The van der Waals surface area contributed by atoms with Crippen molar-refractivity contribution in [2.45, 2.75) is 26.7 Å². The lowest BCUT2D eigenvalue weighted by Gasteiger charge is -2.06. The summed E-state index contributed by atoms with van der Waals surface area (Å²) < 4.78 is 18.3. The Kier molecular flexibility index (Phi) is 4.28. The molecule has 0 aliphatic heterocycles. The molecule has 0 aliphatic rings. The van der Waals surface area contributed by atoms with E-state index in [1.807, 2.05) is 0 Å². The molecule has 0 saturated carbocycles. The molecule has 2 nitrogen and oxygen atoms in total. The van der Waals surface area contributed by atoms with Crippen LogP contribution < -0.4 is 4.74 Å². The number of ketones is 1. The van der Waals surface area contributed by atoms with E-state index >= 15 is 0 Å². The van der Waals surface area contributed by atoms with Crippen LogP contribution in [0, 0.1) is 12.7 Å². The minimum absolute atomic E-state index is 0.161. The van der Waals surface area contributed by atoms with Crippen molar-refractivity contribution in [3.63, 3.8) is 0 Å². The normalized spacial score (nSPS) is 10.1. The van der Waals surface area contributed by atoms with Crippen molar-refractivity contribution in [1.82, 2.24) is 0 Å². The van der Waals surface area contributed by atoms with Gasteiger partial charge in [-0.2, -0.15) is 0 Å². The summed E-state index contributed by atoms with van der Waals surface area (Å²) in [4.78, 5) is 10.6. The Hall–Kier alpha value is -1.38. The molecule has 15 heavy (non-hydrogen) atoms. The maximum absolute atomic E-state index is 12.9. The predicted molar refractivity (Wildman–Crippen MR) is 56.5 cm³/mol. The number of hydrogen-bond acceptors (Lipinski definition) is 2. The molecule has 1 aromatic carbocycles. The second-order valence-electron chi connectivity index (χ2n) is 3.57. The maximum Gasteiger partial charge on any atom is 0.129 e. The number of halogens is 1. The SMILES string of the molecule is CC(=O)CCCOc1ccc(F)c(C)c1. The van der Waals surface area contributed by atoms with Crippen LogP contribution in [0.15, 0.2) is 18.2 Å². The highest BCUT2D eigenvalue weighted by Gasteiger charge is 2.00. The summed E-state index contributed by atoms with van der Waals surface area (Å²) in [5.74, 6) is 0.581. The van der Waals surface area contributed by atoms with E-state index in [-0.39, 0.29) is 11.6 Å². The molecule has 1 rings (SSSR count). The van der Waals surface area contributed by atoms with E-state index in [2.05, 4.69) is 0 Å². The molecule has 0 bridgehead atoms. The van der Waals surface area contributed by atoms with E-state index in [1.54, 1.807) is 26.0 Å². The van der Waals surface area contributed by atoms with Gasteiger partial charge in [0, 0.05) is 6.42 Å². The zero-order chi connectivity index (χ0) is 11.3. The van der Waals surface area contributed by atoms with Crippen molar-refractivity contribution in [1.29, 1.82) is 0 Å². The van der Waals surface area contributed by atoms with Gasteiger partial charge in [-0.05, 0) is 44.0 Å². The highest BCUT2D eigenvalue weighted by atomic mass is 19.1. The topological polar surface area (TPSA) is 26.3 Å². The van der Waals surface area contributed by atoms with E-state index < -0.39 is 0 Å². The van der Waals surface area contributed by atoms with Crippen molar-refractivity contribution >= 4 is 5.78 Å². The number of carbonyl (C=O) groups is 1. The quantitative estimate of drug-likeness (QED) is 0.698. The highest BCUT2D eigenvalue weighted by molar-refractivity contribution is 5.75. The fraction of sp³-hybridized carbons (Fsp3) is 0.417. The minimum atomic E-state index is -0.230. The van der Waals surface area contributed by atoms with Gasteiger partial charge in [0.15, 0.2) is 0 Å². The van der Waals surface area contributed by atoms with Crippen LogP contribution in [0.4, 0.5) is 4.39 Å². The van der Waals surface area contributed by atoms with Crippen LogP contribution >= 0.6 is 0 Å². The van der Waals surface area contributed by atoms with Gasteiger partial charge in [0.1, 0.15) is 17.3 Å². The summed E-state index contributed by atoms with van der Waals surface area (Å²) >= 11 is 0. The Bertz CT molecular complexity index is 347. The molecule has 0 aromatic heterocycles. The molecule has 1 aromatic rings. The van der Waals surface area contributed by atoms with Crippen molar-refractivity contribution in [2.75, 3.05) is 6.61 Å². The molecule has 0 atom stereocenters. The largest absolute Gasteiger partial charge is 0.494 e. The average Bonchev–Trinajstić information content (AvgIpc) is 2.18. The lowest BCUT2D eigenvalue weighted by atomic mass is 10.2. The molecular weight excluding hydrogens is 195 g/mol. The summed E-state index contributed by atoms with van der Waals surface area (Å²) in [6.45, 7) is 3.74. The van der Waals surface area contributed by atoms with E-state index in [0.717, 1.165) is 0 Å². The molecule has 0 spiro atoms. The first-order chi connectivity index (χ1) is 7.09. The van der Waals surface area contributed by atoms with Crippen molar-refractivity contribution in [2.24, 2.45) is 0 Å². The molecule has 0 heterocycles. The summed E-state index contributed by atoms with van der Waals surface area (Å²) in [6, 6.07) is 4.63. The van der Waals surface area contributed by atoms with Gasteiger partial charge in [0.25, 0.3) is 0 Å². The van der Waals surface area contributed by atoms with Crippen LogP contribution in [0.3, 0.4) is 0 Å². The van der Waals surface area contributed by atoms with E-state index in [0.29, 0.717) is 30.8 Å². The van der Waals surface area contributed by atoms with Gasteiger partial charge >= 0.3 is 0 Å². The van der Waals surface area contributed by atoms with Crippen LogP contribution in [0.25, 0.3) is 0 Å². The van der Waals surface area contributed by atoms with Crippen LogP contribution in [0.1, 0.15) is 25.3 Å². The van der Waals surface area contributed by atoms with Gasteiger partial charge in [-0.25, -0.2) is 4.39 Å². The Balaban J connectivity index is 2.38. The third kappa shape index (κ3) is 4.11. The first-order valence-corrected chi connectivity index (χ1v) is 4.98. The Morgan fingerprint density at radius 1 is 1.47 bits per heavy atom. The molecule has 0 radical (unpaired) electrons. The Morgan fingerprint density at radius 2 is 2.20 bits per heavy atom. The van der Waals surface area contributed by atoms with Gasteiger partial charge in [-0.3, -0.25) is 0 Å². The van der Waals surface area contributed by atoms with Crippen molar-refractivity contribution < 1.29 is 13.9 Å². The molecule has 0 amide bonds. The predicted octanol–water partition coefficient (Wildman–Crippen LogP) is 2.88. The number of ether oxygens (including phenoxy) is 1. The van der Waals surface area contributed by atoms with Gasteiger partial charge in [0.2, 0.25) is 0 Å². The molecule has 0 saturated heterocycles. The molecule has 0 fully saturated rings. The number of aryl methyl sites for hydroxylation is 1. The standard InChI is InChI=1S/C12H15FO2/c1-9-8-11(5-6-12(9)13)15-7-3-4-10(2)14/h5-6,8H,3-4,7H2,1-2H3. The van der Waals surface area contributed by atoms with E-state index in [1.165, 1.54) is 6.07 Å². The molecule has 0 N–H and O–H groups in total. The number of rotatable bonds is 5. The van der Waals surface area contributed by atoms with Gasteiger partial charge in [0.05, 0.1) is 6.61 Å². The zero-order valence-electron chi connectivity index (χ0n) is 9.05. The second-order valence-corrected chi connectivity index (χ2v) is 3.57. The molecule has 0 unspecified atom stereocenters. The average molecular weight is 210 g/mol. The van der Waals surface area contributed by atoms with Crippen LogP contribution in [0.5, 0.6) is 5.75 Å². The van der Waals surface area contributed by atoms with Gasteiger partial charge in [-0.15, -0.1) is 0 Å². The lowest BCUT2D eigenvalue weighted by Crippen LogP contribution is -2.00. The Morgan fingerprint density at radius 3 is 2.80 bits per heavy atom. The van der Waals surface area contributed by atoms with Crippen molar-refractivity contribution in [3.05, 3.63) is 29.6 Å². The molecule has 82 valence electrons. The fourth-order valence-corrected chi connectivity index (χ4v) is 1.22. The monoisotopic (exact) mass is 210 g/mol. The number of benzene rings is 1. The summed E-state index contributed by atoms with van der Waals surface area (Å²) in [6.07, 6.45) is 1.23. The van der Waals surface area contributed by atoms with E-state index in [9.17, 15) is 9.18 Å². The van der Waals surface area contributed by atoms with Crippen molar-refractivity contribution in [3.8, 4) is 5.75 Å². The van der Waals surface area contributed by atoms with Crippen LogP contribution in [0.2, 0.25) is 0 Å². The number of Topliss-reactive ketones (excluding diaryl/α,β-unsaturated/α-hetero) is 1. The smallest absolute Gasteiger partial charge is 0.129 e. The number of hydrogen-bond donors (Lipinski definition) is 0. The molecule has 3 heteroatoms. The highest BCUT2D eigenvalue weighted by Crippen LogP contribution is 2.16. The lowest BCUT2D eigenvalue weighted by molar-refractivity contribution is -0.117. The number of carbonyl (C=O) groups excluding carboxylic acids is 1. The summed E-state index contributed by atoms with van der Waals surface area (Å²) in [5.41, 5.74) is 0.569. The minimum Gasteiger partial charge on any atom is -0.494 e. The second kappa shape index (κ2) is 5.49. The van der Waals surface area contributed by atoms with Crippen LogP contribution in [-0.4, -0.2) is 12.4 Å². The fourth-order valence-electron chi connectivity index (χ4n) is 1.22. The first-order valence-electron chi connectivity index (χ1n) is 4.98. The maximum atomic E-state index is 12.9. The summed E-state index contributed by atoms with van der Waals surface area (Å²) in [7, 11) is 0. The van der Waals surface area contributed by atoms with Crippen LogP contribution in [-0.2, 0) is 4.79 Å². The first kappa shape index (κ1) is 11.7. The third-order valence-corrected chi connectivity index (χ3v) is 2.07. The molecular formula is C12H15FO2. The molecule has 0 aliphatic carbocycles. The van der Waals surface area contributed by atoms with Gasteiger partial charge in [-0.1, -0.05) is 0 Å². The third-order valence-electron chi connectivity index (χ3n) is 2.07.